The van der Waals surface area contributed by atoms with Crippen molar-refractivity contribution in [1.82, 2.24) is 4.90 Å². The Hall–Kier alpha value is -3.80. The topological polar surface area (TPSA) is 61.9 Å². The molecule has 0 unspecified atom stereocenters. The highest BCUT2D eigenvalue weighted by molar-refractivity contribution is 6.07. The Morgan fingerprint density at radius 2 is 1.65 bits per heavy atom. The molecule has 4 rings (SSSR count). The number of anilines is 2. The molecule has 0 bridgehead atoms. The zero-order valence-corrected chi connectivity index (χ0v) is 17.5. The number of ether oxygens (including phenoxy) is 1. The largest absolute Gasteiger partial charge is 0.497 e. The summed E-state index contributed by atoms with van der Waals surface area (Å²) in [4.78, 5) is 29.6. The predicted molar refractivity (Wildman–Crippen MR) is 122 cm³/mol. The van der Waals surface area contributed by atoms with Gasteiger partial charge >= 0.3 is 6.03 Å². The maximum Gasteiger partial charge on any atom is 0.324 e. The summed E-state index contributed by atoms with van der Waals surface area (Å²) < 4.78 is 5.15. The third-order valence-electron chi connectivity index (χ3n) is 5.32. The number of methoxy groups -OCH3 is 1. The van der Waals surface area contributed by atoms with Crippen molar-refractivity contribution in [2.75, 3.05) is 30.4 Å². The van der Waals surface area contributed by atoms with E-state index in [2.05, 4.69) is 5.32 Å². The minimum atomic E-state index is -0.235. The lowest BCUT2D eigenvalue weighted by Crippen LogP contribution is -2.49. The van der Waals surface area contributed by atoms with Gasteiger partial charge in [0.15, 0.2) is 0 Å². The molecule has 1 fully saturated rings. The highest BCUT2D eigenvalue weighted by Gasteiger charge is 2.28. The molecular weight excluding hydrogens is 390 g/mol. The molecule has 1 aliphatic rings. The fourth-order valence-electron chi connectivity index (χ4n) is 3.71. The second-order valence-corrected chi connectivity index (χ2v) is 7.39. The van der Waals surface area contributed by atoms with Crippen LogP contribution in [0.4, 0.5) is 16.2 Å². The molecular formula is C25H25N3O3. The van der Waals surface area contributed by atoms with E-state index >= 15 is 0 Å². The van der Waals surface area contributed by atoms with Gasteiger partial charge in [0.05, 0.1) is 18.5 Å². The fraction of sp³-hybridized carbons (Fsp3) is 0.200. The molecule has 3 amide bonds. The first-order chi connectivity index (χ1) is 15.2. The van der Waals surface area contributed by atoms with Gasteiger partial charge in [-0.2, -0.15) is 0 Å². The van der Waals surface area contributed by atoms with Crippen molar-refractivity contribution in [1.29, 1.82) is 0 Å². The molecule has 3 aromatic carbocycles. The molecule has 31 heavy (non-hydrogen) atoms. The lowest BCUT2D eigenvalue weighted by molar-refractivity contribution is 0.102. The second kappa shape index (κ2) is 9.34. The fourth-order valence-corrected chi connectivity index (χ4v) is 3.71. The number of para-hydroxylation sites is 2. The maximum atomic E-state index is 13.2. The van der Waals surface area contributed by atoms with Gasteiger partial charge in [-0.1, -0.05) is 42.5 Å². The lowest BCUT2D eigenvalue weighted by Gasteiger charge is -2.36. The molecule has 0 radical (unpaired) electrons. The number of carbonyl (C=O) groups is 2. The minimum Gasteiger partial charge on any atom is -0.497 e. The summed E-state index contributed by atoms with van der Waals surface area (Å²) >= 11 is 0. The van der Waals surface area contributed by atoms with Gasteiger partial charge in [0, 0.05) is 25.2 Å². The van der Waals surface area contributed by atoms with Crippen LogP contribution in [0.1, 0.15) is 22.3 Å². The molecule has 6 heteroatoms. The number of rotatable bonds is 6. The number of hydrogen-bond acceptors (Lipinski definition) is 3. The Kier molecular flexibility index (Phi) is 6.17. The first-order valence-corrected chi connectivity index (χ1v) is 10.3. The number of amides is 3. The molecule has 1 N–H and O–H groups in total. The highest BCUT2D eigenvalue weighted by atomic mass is 16.5. The van der Waals surface area contributed by atoms with Crippen molar-refractivity contribution < 1.29 is 14.3 Å². The van der Waals surface area contributed by atoms with E-state index in [-0.39, 0.29) is 11.9 Å². The molecule has 6 nitrogen and oxygen atoms in total. The Balaban J connectivity index is 1.53. The minimum absolute atomic E-state index is 0.0544. The van der Waals surface area contributed by atoms with Crippen molar-refractivity contribution in [3.8, 4) is 5.75 Å². The predicted octanol–water partition coefficient (Wildman–Crippen LogP) is 4.78. The summed E-state index contributed by atoms with van der Waals surface area (Å²) in [6, 6.07) is 24.2. The van der Waals surface area contributed by atoms with Crippen molar-refractivity contribution >= 4 is 23.3 Å². The summed E-state index contributed by atoms with van der Waals surface area (Å²) in [6.07, 6.45) is 0.860. The van der Waals surface area contributed by atoms with Crippen molar-refractivity contribution in [3.05, 3.63) is 90.0 Å². The average molecular weight is 415 g/mol. The van der Waals surface area contributed by atoms with E-state index in [1.165, 1.54) is 0 Å². The van der Waals surface area contributed by atoms with Gasteiger partial charge in [-0.25, -0.2) is 4.79 Å². The zero-order valence-electron chi connectivity index (χ0n) is 17.5. The summed E-state index contributed by atoms with van der Waals surface area (Å²) in [5.74, 6) is 0.454. The van der Waals surface area contributed by atoms with Crippen LogP contribution >= 0.6 is 0 Å². The van der Waals surface area contributed by atoms with Gasteiger partial charge < -0.3 is 15.0 Å². The number of carbonyl (C=O) groups excluding carboxylic acids is 2. The van der Waals surface area contributed by atoms with Crippen LogP contribution < -0.4 is 15.0 Å². The van der Waals surface area contributed by atoms with Crippen LogP contribution in [0.25, 0.3) is 0 Å². The summed E-state index contributed by atoms with van der Waals surface area (Å²) in [5.41, 5.74) is 2.93. The van der Waals surface area contributed by atoms with Crippen LogP contribution in [-0.2, 0) is 6.54 Å². The Labute approximate surface area is 182 Å². The van der Waals surface area contributed by atoms with Crippen LogP contribution in [0.15, 0.2) is 78.9 Å². The van der Waals surface area contributed by atoms with Crippen molar-refractivity contribution in [2.45, 2.75) is 13.0 Å². The van der Waals surface area contributed by atoms with Gasteiger partial charge in [0.25, 0.3) is 5.91 Å². The van der Waals surface area contributed by atoms with Gasteiger partial charge in [0.1, 0.15) is 5.75 Å². The number of nitrogens with zero attached hydrogens (tertiary/aromatic N) is 2. The molecule has 3 aromatic rings. The van der Waals surface area contributed by atoms with E-state index in [0.29, 0.717) is 42.3 Å². The molecule has 0 saturated carbocycles. The van der Waals surface area contributed by atoms with Crippen LogP contribution in [0, 0.1) is 0 Å². The normalized spacial score (nSPS) is 13.8. The third-order valence-corrected chi connectivity index (χ3v) is 5.32. The smallest absolute Gasteiger partial charge is 0.324 e. The van der Waals surface area contributed by atoms with Gasteiger partial charge in [-0.15, -0.1) is 0 Å². The van der Waals surface area contributed by atoms with E-state index in [1.807, 2.05) is 59.5 Å². The molecule has 0 aliphatic carbocycles. The highest BCUT2D eigenvalue weighted by Crippen LogP contribution is 2.29. The maximum absolute atomic E-state index is 13.2. The summed E-state index contributed by atoms with van der Waals surface area (Å²) in [6.45, 7) is 1.89. The zero-order chi connectivity index (χ0) is 21.6. The number of hydrogen-bond donors (Lipinski definition) is 1. The van der Waals surface area contributed by atoms with E-state index in [4.69, 9.17) is 4.74 Å². The quantitative estimate of drug-likeness (QED) is 0.630. The van der Waals surface area contributed by atoms with Gasteiger partial charge in [0.2, 0.25) is 0 Å². The lowest BCUT2D eigenvalue weighted by atomic mass is 10.1. The van der Waals surface area contributed by atoms with Crippen LogP contribution in [0.2, 0.25) is 0 Å². The summed E-state index contributed by atoms with van der Waals surface area (Å²) in [7, 11) is 1.59. The van der Waals surface area contributed by atoms with Gasteiger partial charge in [-0.05, 0) is 48.4 Å². The average Bonchev–Trinajstić information content (AvgIpc) is 2.82. The first kappa shape index (κ1) is 20.5. The molecule has 1 heterocycles. The first-order valence-electron chi connectivity index (χ1n) is 10.3. The third kappa shape index (κ3) is 4.69. The molecule has 1 aliphatic heterocycles. The Morgan fingerprint density at radius 1 is 0.935 bits per heavy atom. The SMILES string of the molecule is COc1ccc(C(=O)Nc2ccccc2N2CCCN(Cc3ccccc3)C2=O)cc1. The molecule has 0 spiro atoms. The second-order valence-electron chi connectivity index (χ2n) is 7.39. The van der Waals surface area contributed by atoms with Gasteiger partial charge in [-0.3, -0.25) is 9.69 Å². The van der Waals surface area contributed by atoms with Crippen LogP contribution in [0.3, 0.4) is 0 Å². The van der Waals surface area contributed by atoms with E-state index in [9.17, 15) is 9.59 Å². The standard InChI is InChI=1S/C25H25N3O3/c1-31-21-14-12-20(13-15-21)24(29)26-22-10-5-6-11-23(22)28-17-7-16-27(25(28)30)18-19-8-3-2-4-9-19/h2-6,8-15H,7,16-18H2,1H3,(H,26,29). The molecule has 0 aromatic heterocycles. The van der Waals surface area contributed by atoms with E-state index < -0.39 is 0 Å². The molecule has 0 atom stereocenters. The van der Waals surface area contributed by atoms with Crippen LogP contribution in [0.5, 0.6) is 5.75 Å². The van der Waals surface area contributed by atoms with Crippen LogP contribution in [-0.4, -0.2) is 37.0 Å². The molecule has 1 saturated heterocycles. The van der Waals surface area contributed by atoms with Crippen molar-refractivity contribution in [2.24, 2.45) is 0 Å². The Morgan fingerprint density at radius 3 is 2.39 bits per heavy atom. The van der Waals surface area contributed by atoms with Crippen molar-refractivity contribution in [3.63, 3.8) is 0 Å². The number of nitrogens with one attached hydrogen (secondary N) is 1. The molecule has 158 valence electrons. The number of urea groups is 1. The van der Waals surface area contributed by atoms with E-state index in [1.54, 1.807) is 36.3 Å². The number of benzene rings is 3. The monoisotopic (exact) mass is 415 g/mol. The summed E-state index contributed by atoms with van der Waals surface area (Å²) in [5, 5.41) is 2.95. The Bertz CT molecular complexity index is 1050. The van der Waals surface area contributed by atoms with E-state index in [0.717, 1.165) is 12.0 Å².